The van der Waals surface area contributed by atoms with Crippen molar-refractivity contribution in [2.45, 2.75) is 35.6 Å². The number of hydrogen-bond acceptors (Lipinski definition) is 9. The summed E-state index contributed by atoms with van der Waals surface area (Å²) in [6, 6.07) is 5.60. The van der Waals surface area contributed by atoms with Gasteiger partial charge in [0.15, 0.2) is 17.5 Å². The van der Waals surface area contributed by atoms with E-state index in [0.29, 0.717) is 18.7 Å². The predicted octanol–water partition coefficient (Wildman–Crippen LogP) is 2.68. The normalized spacial score (nSPS) is 19.8. The van der Waals surface area contributed by atoms with Gasteiger partial charge in [-0.05, 0) is 37.3 Å². The molecule has 9 nitrogen and oxygen atoms in total. The van der Waals surface area contributed by atoms with E-state index in [4.69, 9.17) is 32.8 Å². The fourth-order valence-electron chi connectivity index (χ4n) is 3.26. The number of carboxylic acids is 1. The number of carboxylic acid groups (broad SMARTS) is 1. The molecule has 36 heavy (non-hydrogen) atoms. The largest absolute Gasteiger partial charge is 0.478 e. The Balaban J connectivity index is 1.81. The Morgan fingerprint density at radius 2 is 2.03 bits per heavy atom. The van der Waals surface area contributed by atoms with Gasteiger partial charge in [-0.25, -0.2) is 23.8 Å². The third kappa shape index (κ3) is 7.03. The molecular weight excluding hydrogens is 525 g/mol. The van der Waals surface area contributed by atoms with Crippen molar-refractivity contribution < 1.29 is 37.8 Å². The number of aliphatic hydroxyl groups is 1. The van der Waals surface area contributed by atoms with Crippen molar-refractivity contribution >= 4 is 35.0 Å². The first-order chi connectivity index (χ1) is 17.0. The monoisotopic (exact) mass is 548 g/mol. The molecule has 2 aromatic rings. The van der Waals surface area contributed by atoms with Gasteiger partial charge in [0, 0.05) is 21.7 Å². The maximum atomic E-state index is 13.5. The second-order valence-electron chi connectivity index (χ2n) is 7.88. The Labute approximate surface area is 213 Å². The zero-order valence-electron chi connectivity index (χ0n) is 18.8. The van der Waals surface area contributed by atoms with Gasteiger partial charge in [0.05, 0.1) is 24.4 Å². The van der Waals surface area contributed by atoms with E-state index in [9.17, 15) is 28.2 Å². The summed E-state index contributed by atoms with van der Waals surface area (Å²) in [5.41, 5.74) is 7.08. The third-order valence-corrected chi connectivity index (χ3v) is 6.62. The highest BCUT2D eigenvalue weighted by Crippen LogP contribution is 2.33. The van der Waals surface area contributed by atoms with Crippen molar-refractivity contribution in [1.29, 1.82) is 0 Å². The van der Waals surface area contributed by atoms with Crippen LogP contribution in [0.25, 0.3) is 5.70 Å². The summed E-state index contributed by atoms with van der Waals surface area (Å²) < 4.78 is 46.3. The number of nitrogens with two attached hydrogens (primary N) is 2. The number of hydroxylamine groups is 1. The van der Waals surface area contributed by atoms with E-state index in [-0.39, 0.29) is 39.4 Å². The molecule has 0 aliphatic carbocycles. The molecule has 2 aromatic carbocycles. The highest BCUT2D eigenvalue weighted by molar-refractivity contribution is 8.00. The van der Waals surface area contributed by atoms with Crippen LogP contribution in [0.5, 0.6) is 0 Å². The number of nitrogens with one attached hydrogen (secondary N) is 1. The number of thioether (sulfide) groups is 1. The van der Waals surface area contributed by atoms with E-state index in [1.165, 1.54) is 18.2 Å². The fourth-order valence-corrected chi connectivity index (χ4v) is 4.66. The summed E-state index contributed by atoms with van der Waals surface area (Å²) in [6.07, 6.45) is -1.07. The maximum Gasteiger partial charge on any atom is 0.336 e. The number of hydrogen-bond donors (Lipinski definition) is 5. The van der Waals surface area contributed by atoms with Gasteiger partial charge in [0.25, 0.3) is 0 Å². The summed E-state index contributed by atoms with van der Waals surface area (Å²) >= 11 is 6.97. The predicted molar refractivity (Wildman–Crippen MR) is 127 cm³/mol. The molecule has 3 rings (SSSR count). The first-order valence-electron chi connectivity index (χ1n) is 10.5. The molecule has 0 radical (unpaired) electrons. The molecular formula is C22H24ClF3N4O5S. The van der Waals surface area contributed by atoms with Crippen molar-refractivity contribution in [2.75, 3.05) is 13.1 Å². The molecule has 1 aliphatic rings. The molecule has 1 heterocycles. The number of aliphatic hydroxyl groups excluding tert-OH is 1. The van der Waals surface area contributed by atoms with Gasteiger partial charge in [0.1, 0.15) is 23.7 Å². The molecule has 0 saturated carbocycles. The summed E-state index contributed by atoms with van der Waals surface area (Å²) in [5, 5.41) is 21.7. The lowest BCUT2D eigenvalue weighted by Crippen LogP contribution is -2.43. The smallest absolute Gasteiger partial charge is 0.336 e. The molecule has 0 bridgehead atoms. The lowest BCUT2D eigenvalue weighted by atomic mass is 10.1. The summed E-state index contributed by atoms with van der Waals surface area (Å²) in [5.74, 6) is 0.246. The van der Waals surface area contributed by atoms with Crippen LogP contribution < -0.4 is 17.1 Å². The van der Waals surface area contributed by atoms with Crippen LogP contribution in [0.1, 0.15) is 22.8 Å². The van der Waals surface area contributed by atoms with Gasteiger partial charge in [0.2, 0.25) is 0 Å². The second kappa shape index (κ2) is 12.1. The van der Waals surface area contributed by atoms with Crippen LogP contribution >= 0.6 is 23.4 Å². The van der Waals surface area contributed by atoms with Crippen LogP contribution in [0.2, 0.25) is 5.02 Å². The van der Waals surface area contributed by atoms with Crippen LogP contribution in [0.3, 0.4) is 0 Å². The molecule has 1 saturated heterocycles. The molecule has 4 atom stereocenters. The molecule has 0 amide bonds. The highest BCUT2D eigenvalue weighted by Gasteiger charge is 2.33. The van der Waals surface area contributed by atoms with Crippen molar-refractivity contribution in [3.05, 3.63) is 70.1 Å². The Morgan fingerprint density at radius 1 is 1.36 bits per heavy atom. The minimum Gasteiger partial charge on any atom is -0.478 e. The van der Waals surface area contributed by atoms with Gasteiger partial charge in [-0.3, -0.25) is 4.84 Å². The lowest BCUT2D eigenvalue weighted by Gasteiger charge is -2.29. The van der Waals surface area contributed by atoms with E-state index in [1.807, 2.05) is 0 Å². The Morgan fingerprint density at radius 3 is 2.61 bits per heavy atom. The lowest BCUT2D eigenvalue weighted by molar-refractivity contribution is -0.0617. The number of halogens is 4. The SMILES string of the molecule is CC1ONCC1OC(Sc1cc(Cl)ccc1C(=O)O)[C@@H](O)CN(N)/C=C(\N)c1cc(F)c(F)c(F)c1. The van der Waals surface area contributed by atoms with Crippen molar-refractivity contribution in [1.82, 2.24) is 10.5 Å². The Bertz CT molecular complexity index is 1120. The topological polar surface area (TPSA) is 143 Å². The van der Waals surface area contributed by atoms with E-state index in [1.54, 1.807) is 6.92 Å². The molecule has 0 aromatic heterocycles. The molecule has 7 N–H and O–H groups in total. The molecule has 1 fully saturated rings. The van der Waals surface area contributed by atoms with E-state index in [2.05, 4.69) is 5.48 Å². The average molecular weight is 549 g/mol. The number of rotatable bonds is 10. The number of hydrazine groups is 1. The minimum atomic E-state index is -1.63. The fraction of sp³-hybridized carbons (Fsp3) is 0.318. The molecule has 196 valence electrons. The minimum absolute atomic E-state index is 0.0480. The highest BCUT2D eigenvalue weighted by atomic mass is 35.5. The van der Waals surface area contributed by atoms with Crippen LogP contribution in [-0.2, 0) is 9.57 Å². The summed E-state index contributed by atoms with van der Waals surface area (Å²) in [7, 11) is 0. The average Bonchev–Trinajstić information content (AvgIpc) is 3.20. The van der Waals surface area contributed by atoms with Crippen LogP contribution in [-0.4, -0.2) is 58.0 Å². The first kappa shape index (κ1) is 28.1. The van der Waals surface area contributed by atoms with Crippen molar-refractivity contribution in [3.8, 4) is 0 Å². The van der Waals surface area contributed by atoms with Gasteiger partial charge in [-0.15, -0.1) is 0 Å². The van der Waals surface area contributed by atoms with Gasteiger partial charge < -0.3 is 25.7 Å². The van der Waals surface area contributed by atoms with Gasteiger partial charge >= 0.3 is 5.97 Å². The number of benzene rings is 2. The van der Waals surface area contributed by atoms with Crippen LogP contribution in [0, 0.1) is 17.5 Å². The van der Waals surface area contributed by atoms with Gasteiger partial charge in [-0.1, -0.05) is 23.4 Å². The third-order valence-electron chi connectivity index (χ3n) is 5.14. The molecule has 14 heteroatoms. The van der Waals surface area contributed by atoms with Gasteiger partial charge in [-0.2, -0.15) is 5.48 Å². The van der Waals surface area contributed by atoms with E-state index < -0.39 is 41.1 Å². The number of nitrogens with zero attached hydrogens (tertiary/aromatic N) is 1. The van der Waals surface area contributed by atoms with Crippen LogP contribution in [0.4, 0.5) is 13.2 Å². The number of ether oxygens (including phenoxy) is 1. The maximum absolute atomic E-state index is 13.5. The Kier molecular flexibility index (Phi) is 9.47. The summed E-state index contributed by atoms with van der Waals surface area (Å²) in [4.78, 5) is 17.2. The van der Waals surface area contributed by atoms with Crippen molar-refractivity contribution in [2.24, 2.45) is 11.6 Å². The zero-order valence-corrected chi connectivity index (χ0v) is 20.4. The number of carbonyl (C=O) groups is 1. The quantitative estimate of drug-likeness (QED) is 0.0988. The molecule has 3 unspecified atom stereocenters. The standard InChI is InChI=1S/C22H24ClF3N4O5S/c1-10-18(7-29-35-10)34-22(36-19-6-12(23)2-3-13(19)21(32)33)17(31)9-30(28)8-16(27)11-4-14(24)20(26)15(25)5-11/h2-6,8,10,17-18,22,29,31H,7,9,27-28H2,1H3,(H,32,33)/b16-8-/t10?,17-,18?,22?/m0/s1. The molecule has 0 spiro atoms. The van der Waals surface area contributed by atoms with Crippen LogP contribution in [0.15, 0.2) is 41.4 Å². The summed E-state index contributed by atoms with van der Waals surface area (Å²) in [6.45, 7) is 1.77. The zero-order chi connectivity index (χ0) is 26.6. The first-order valence-corrected chi connectivity index (χ1v) is 11.8. The van der Waals surface area contributed by atoms with E-state index >= 15 is 0 Å². The molecule has 1 aliphatic heterocycles. The van der Waals surface area contributed by atoms with E-state index in [0.717, 1.165) is 23.0 Å². The number of aromatic carboxylic acids is 1. The Hall–Kier alpha value is -2.52. The van der Waals surface area contributed by atoms with Crippen molar-refractivity contribution in [3.63, 3.8) is 0 Å². The second-order valence-corrected chi connectivity index (χ2v) is 9.46.